The summed E-state index contributed by atoms with van der Waals surface area (Å²) in [6.07, 6.45) is 3.24. The molecular weight excluding hydrogens is 262 g/mol. The Balaban J connectivity index is 2.11. The van der Waals surface area contributed by atoms with E-state index in [1.165, 1.54) is 23.4 Å². The molecule has 0 bridgehead atoms. The largest absolute Gasteiger partial charge is 0.381 e. The Labute approximate surface area is 129 Å². The lowest BCUT2D eigenvalue weighted by atomic mass is 10.1. The highest BCUT2D eigenvalue weighted by Gasteiger charge is 2.21. The molecule has 1 fully saturated rings. The van der Waals surface area contributed by atoms with Crippen LogP contribution in [0.2, 0.25) is 0 Å². The molecule has 1 unspecified atom stereocenters. The monoisotopic (exact) mass is 293 g/mol. The van der Waals surface area contributed by atoms with Gasteiger partial charge in [-0.25, -0.2) is 0 Å². The number of aromatic nitrogens is 2. The second-order valence-corrected chi connectivity index (χ2v) is 6.52. The predicted molar refractivity (Wildman–Crippen MR) is 86.5 cm³/mol. The van der Waals surface area contributed by atoms with Gasteiger partial charge in [-0.05, 0) is 31.7 Å². The molecule has 1 aliphatic rings. The second kappa shape index (κ2) is 7.95. The van der Waals surface area contributed by atoms with Gasteiger partial charge >= 0.3 is 0 Å². The molecule has 4 nitrogen and oxygen atoms in total. The molecule has 1 saturated heterocycles. The van der Waals surface area contributed by atoms with Gasteiger partial charge in [-0.2, -0.15) is 5.10 Å². The van der Waals surface area contributed by atoms with Gasteiger partial charge in [0, 0.05) is 36.9 Å². The molecule has 1 atom stereocenters. The lowest BCUT2D eigenvalue weighted by Gasteiger charge is -2.12. The molecule has 0 aromatic carbocycles. The minimum absolute atomic E-state index is 0.636. The summed E-state index contributed by atoms with van der Waals surface area (Å²) in [6.45, 7) is 13.8. The summed E-state index contributed by atoms with van der Waals surface area (Å²) in [6, 6.07) is 0. The van der Waals surface area contributed by atoms with E-state index in [1.807, 2.05) is 0 Å². The number of hydrogen-bond donors (Lipinski definition) is 1. The molecule has 0 radical (unpaired) electrons. The predicted octanol–water partition coefficient (Wildman–Crippen LogP) is 2.79. The zero-order valence-electron chi connectivity index (χ0n) is 14.1. The number of nitrogens with one attached hydrogen (secondary N) is 1. The van der Waals surface area contributed by atoms with Crippen LogP contribution in [0.15, 0.2) is 0 Å². The van der Waals surface area contributed by atoms with E-state index in [0.29, 0.717) is 11.8 Å². The van der Waals surface area contributed by atoms with Gasteiger partial charge < -0.3 is 10.1 Å². The summed E-state index contributed by atoms with van der Waals surface area (Å²) < 4.78 is 7.76. The van der Waals surface area contributed by atoms with Crippen LogP contribution >= 0.6 is 0 Å². The van der Waals surface area contributed by atoms with Crippen molar-refractivity contribution in [1.82, 2.24) is 15.1 Å². The maximum absolute atomic E-state index is 5.50. The van der Waals surface area contributed by atoms with Crippen LogP contribution in [0.5, 0.6) is 0 Å². The third-order valence-electron chi connectivity index (χ3n) is 4.23. The number of hydrogen-bond acceptors (Lipinski definition) is 3. The average Bonchev–Trinajstić information content (AvgIpc) is 3.06. The van der Waals surface area contributed by atoms with Crippen LogP contribution in [0.25, 0.3) is 0 Å². The van der Waals surface area contributed by atoms with Crippen LogP contribution in [-0.4, -0.2) is 29.5 Å². The molecule has 0 saturated carbocycles. The molecule has 0 amide bonds. The van der Waals surface area contributed by atoms with Crippen molar-refractivity contribution in [3.63, 3.8) is 0 Å². The lowest BCUT2D eigenvalue weighted by Crippen LogP contribution is -2.20. The molecule has 1 N–H and O–H groups in total. The van der Waals surface area contributed by atoms with Crippen LogP contribution in [0, 0.1) is 11.8 Å². The number of rotatable bonds is 8. The summed E-state index contributed by atoms with van der Waals surface area (Å²) in [5.41, 5.74) is 4.11. The van der Waals surface area contributed by atoms with Gasteiger partial charge in [0.1, 0.15) is 0 Å². The first-order valence-electron chi connectivity index (χ1n) is 8.51. The van der Waals surface area contributed by atoms with Gasteiger partial charge in [0.15, 0.2) is 0 Å². The van der Waals surface area contributed by atoms with Crippen LogP contribution < -0.4 is 5.32 Å². The minimum Gasteiger partial charge on any atom is -0.381 e. The SMILES string of the molecule is CCc1nn(CC2CCOC2)c(CC)c1CNCC(C)C. The normalized spacial score (nSPS) is 18.8. The highest BCUT2D eigenvalue weighted by Crippen LogP contribution is 2.21. The first-order chi connectivity index (χ1) is 10.2. The van der Waals surface area contributed by atoms with E-state index >= 15 is 0 Å². The summed E-state index contributed by atoms with van der Waals surface area (Å²) >= 11 is 0. The van der Waals surface area contributed by atoms with Gasteiger partial charge in [0.2, 0.25) is 0 Å². The molecule has 0 spiro atoms. The number of aryl methyl sites for hydroxylation is 1. The Kier molecular flexibility index (Phi) is 6.24. The number of nitrogens with zero attached hydrogens (tertiary/aromatic N) is 2. The van der Waals surface area contributed by atoms with Crippen LogP contribution in [0.4, 0.5) is 0 Å². The molecule has 0 aliphatic carbocycles. The molecule has 1 aliphatic heterocycles. The fraction of sp³-hybridized carbons (Fsp3) is 0.824. The maximum atomic E-state index is 5.50. The molecule has 21 heavy (non-hydrogen) atoms. The molecule has 1 aromatic heterocycles. The van der Waals surface area contributed by atoms with Gasteiger partial charge in [0.05, 0.1) is 12.3 Å². The van der Waals surface area contributed by atoms with Crippen LogP contribution in [0.3, 0.4) is 0 Å². The minimum atomic E-state index is 0.636. The topological polar surface area (TPSA) is 39.1 Å². The molecule has 2 heterocycles. The molecular formula is C17H31N3O. The van der Waals surface area contributed by atoms with E-state index in [4.69, 9.17) is 9.84 Å². The smallest absolute Gasteiger partial charge is 0.0669 e. The Bertz CT molecular complexity index is 433. The van der Waals surface area contributed by atoms with Crippen molar-refractivity contribution in [3.8, 4) is 0 Å². The van der Waals surface area contributed by atoms with Crippen LogP contribution in [-0.2, 0) is 30.7 Å². The maximum Gasteiger partial charge on any atom is 0.0669 e. The second-order valence-electron chi connectivity index (χ2n) is 6.52. The van der Waals surface area contributed by atoms with E-state index in [9.17, 15) is 0 Å². The number of ether oxygens (including phenoxy) is 1. The summed E-state index contributed by atoms with van der Waals surface area (Å²) in [7, 11) is 0. The Hall–Kier alpha value is -0.870. The van der Waals surface area contributed by atoms with Crippen molar-refractivity contribution < 1.29 is 4.74 Å². The van der Waals surface area contributed by atoms with Gasteiger partial charge in [-0.15, -0.1) is 0 Å². The van der Waals surface area contributed by atoms with Crippen LogP contribution in [0.1, 0.15) is 51.1 Å². The van der Waals surface area contributed by atoms with Crippen molar-refractivity contribution in [2.45, 2.75) is 60.0 Å². The van der Waals surface area contributed by atoms with Crippen molar-refractivity contribution >= 4 is 0 Å². The molecule has 120 valence electrons. The van der Waals surface area contributed by atoms with Gasteiger partial charge in [-0.3, -0.25) is 4.68 Å². The fourth-order valence-electron chi connectivity index (χ4n) is 3.08. The summed E-state index contributed by atoms with van der Waals surface area (Å²) in [5, 5.41) is 8.46. The highest BCUT2D eigenvalue weighted by molar-refractivity contribution is 5.27. The first-order valence-corrected chi connectivity index (χ1v) is 8.51. The third kappa shape index (κ3) is 4.30. The van der Waals surface area contributed by atoms with Crippen molar-refractivity contribution in [2.24, 2.45) is 11.8 Å². The summed E-state index contributed by atoms with van der Waals surface area (Å²) in [5.74, 6) is 1.32. The van der Waals surface area contributed by atoms with Gasteiger partial charge in [-0.1, -0.05) is 27.7 Å². The van der Waals surface area contributed by atoms with E-state index in [2.05, 4.69) is 37.7 Å². The first kappa shape index (κ1) is 16.5. The zero-order valence-corrected chi connectivity index (χ0v) is 14.1. The van der Waals surface area contributed by atoms with Crippen molar-refractivity contribution in [2.75, 3.05) is 19.8 Å². The lowest BCUT2D eigenvalue weighted by molar-refractivity contribution is 0.181. The Morgan fingerprint density at radius 1 is 1.33 bits per heavy atom. The fourth-order valence-corrected chi connectivity index (χ4v) is 3.08. The molecule has 4 heteroatoms. The third-order valence-corrected chi connectivity index (χ3v) is 4.23. The highest BCUT2D eigenvalue weighted by atomic mass is 16.5. The van der Waals surface area contributed by atoms with E-state index in [0.717, 1.165) is 45.7 Å². The zero-order chi connectivity index (χ0) is 15.2. The average molecular weight is 293 g/mol. The van der Waals surface area contributed by atoms with Crippen molar-refractivity contribution in [3.05, 3.63) is 17.0 Å². The summed E-state index contributed by atoms with van der Waals surface area (Å²) in [4.78, 5) is 0. The quantitative estimate of drug-likeness (QED) is 0.801. The van der Waals surface area contributed by atoms with E-state index in [1.54, 1.807) is 0 Å². The van der Waals surface area contributed by atoms with Gasteiger partial charge in [0.25, 0.3) is 0 Å². The molecule has 2 rings (SSSR count). The van der Waals surface area contributed by atoms with Crippen molar-refractivity contribution in [1.29, 1.82) is 0 Å². The van der Waals surface area contributed by atoms with E-state index < -0.39 is 0 Å². The Morgan fingerprint density at radius 3 is 2.71 bits per heavy atom. The molecule has 1 aromatic rings. The standard InChI is InChI=1S/C17H31N3O/c1-5-16-15(10-18-9-13(3)4)17(6-2)20(19-16)11-14-7-8-21-12-14/h13-14,18H,5-12H2,1-4H3. The Morgan fingerprint density at radius 2 is 2.14 bits per heavy atom. The van der Waals surface area contributed by atoms with E-state index in [-0.39, 0.29) is 0 Å².